The average Bonchev–Trinajstić information content (AvgIpc) is 3.69. The number of amides is 1. The van der Waals surface area contributed by atoms with E-state index in [0.717, 1.165) is 35.1 Å². The molecule has 1 saturated heterocycles. The summed E-state index contributed by atoms with van der Waals surface area (Å²) in [5.74, 6) is 0. The van der Waals surface area contributed by atoms with Gasteiger partial charge < -0.3 is 19.3 Å². The molecule has 1 aliphatic carbocycles. The lowest BCUT2D eigenvalue weighted by Gasteiger charge is -2.45. The van der Waals surface area contributed by atoms with Gasteiger partial charge in [-0.05, 0) is 61.9 Å². The third-order valence-corrected chi connectivity index (χ3v) is 7.36. The SMILES string of the molecule is C[C@@H](c1ccc(-c2ccc(=O)n(C3CC3)c2)cc1)N1CCC(CC(C)(C)O)(c2ccccc2)OC1=O. The number of hydrogen-bond acceptors (Lipinski definition) is 4. The first-order valence-electron chi connectivity index (χ1n) is 12.8. The number of aromatic nitrogens is 1. The molecule has 5 rings (SSSR count). The van der Waals surface area contributed by atoms with Gasteiger partial charge in [0.05, 0.1) is 11.6 Å². The van der Waals surface area contributed by atoms with Crippen molar-refractivity contribution in [2.75, 3.05) is 6.54 Å². The van der Waals surface area contributed by atoms with Crippen LogP contribution in [-0.4, -0.2) is 32.8 Å². The number of carbonyl (C=O) groups excluding carboxylic acids is 1. The molecule has 2 heterocycles. The molecule has 1 unspecified atom stereocenters. The number of aliphatic hydroxyl groups is 1. The highest BCUT2D eigenvalue weighted by Gasteiger charge is 2.46. The van der Waals surface area contributed by atoms with E-state index in [0.29, 0.717) is 25.4 Å². The largest absolute Gasteiger partial charge is 0.438 e. The maximum atomic E-state index is 13.3. The quantitative estimate of drug-likeness (QED) is 0.457. The van der Waals surface area contributed by atoms with Crippen LogP contribution in [0.15, 0.2) is 77.7 Å². The van der Waals surface area contributed by atoms with Crippen molar-refractivity contribution in [2.45, 2.75) is 69.7 Å². The van der Waals surface area contributed by atoms with E-state index >= 15 is 0 Å². The monoisotopic (exact) mass is 486 g/mol. The normalized spacial score (nSPS) is 21.2. The van der Waals surface area contributed by atoms with Gasteiger partial charge in [0.1, 0.15) is 5.60 Å². The van der Waals surface area contributed by atoms with Gasteiger partial charge in [-0.15, -0.1) is 0 Å². The second-order valence-corrected chi connectivity index (χ2v) is 10.9. The topological polar surface area (TPSA) is 71.8 Å². The van der Waals surface area contributed by atoms with Crippen LogP contribution in [0.2, 0.25) is 0 Å². The maximum Gasteiger partial charge on any atom is 0.411 e. The molecule has 1 saturated carbocycles. The summed E-state index contributed by atoms with van der Waals surface area (Å²) in [6.07, 6.45) is 4.63. The molecule has 2 aliphatic rings. The van der Waals surface area contributed by atoms with E-state index in [1.165, 1.54) is 0 Å². The molecule has 2 fully saturated rings. The first-order chi connectivity index (χ1) is 17.2. The summed E-state index contributed by atoms with van der Waals surface area (Å²) in [5, 5.41) is 10.6. The number of ether oxygens (including phenoxy) is 1. The highest BCUT2D eigenvalue weighted by molar-refractivity contribution is 5.70. The number of hydrogen-bond donors (Lipinski definition) is 1. The lowest BCUT2D eigenvalue weighted by atomic mass is 9.80. The first-order valence-corrected chi connectivity index (χ1v) is 12.8. The van der Waals surface area contributed by atoms with E-state index in [1.807, 2.05) is 78.4 Å². The van der Waals surface area contributed by atoms with Gasteiger partial charge in [-0.1, -0.05) is 54.6 Å². The Morgan fingerprint density at radius 2 is 1.67 bits per heavy atom. The van der Waals surface area contributed by atoms with Crippen LogP contribution in [0.4, 0.5) is 4.79 Å². The number of carbonyl (C=O) groups is 1. The summed E-state index contributed by atoms with van der Waals surface area (Å²) in [7, 11) is 0. The fraction of sp³-hybridized carbons (Fsp3) is 0.400. The average molecular weight is 487 g/mol. The first kappa shape index (κ1) is 24.3. The van der Waals surface area contributed by atoms with E-state index in [4.69, 9.17) is 4.74 Å². The molecular formula is C30H34N2O4. The molecule has 1 amide bonds. The zero-order valence-electron chi connectivity index (χ0n) is 21.2. The van der Waals surface area contributed by atoms with Crippen LogP contribution in [0, 0.1) is 0 Å². The van der Waals surface area contributed by atoms with E-state index in [2.05, 4.69) is 0 Å². The van der Waals surface area contributed by atoms with Crippen LogP contribution >= 0.6 is 0 Å². The summed E-state index contributed by atoms with van der Waals surface area (Å²) in [6, 6.07) is 21.6. The molecule has 1 aliphatic heterocycles. The molecule has 2 aromatic carbocycles. The minimum absolute atomic E-state index is 0.0475. The maximum absolute atomic E-state index is 13.3. The Hall–Kier alpha value is -3.38. The van der Waals surface area contributed by atoms with Crippen molar-refractivity contribution < 1.29 is 14.6 Å². The van der Waals surface area contributed by atoms with Crippen molar-refractivity contribution >= 4 is 6.09 Å². The molecule has 3 aromatic rings. The number of cyclic esters (lactones) is 1. The van der Waals surface area contributed by atoms with Crippen molar-refractivity contribution in [3.63, 3.8) is 0 Å². The minimum Gasteiger partial charge on any atom is -0.438 e. The predicted octanol–water partition coefficient (Wildman–Crippen LogP) is 5.81. The Labute approximate surface area is 212 Å². The second kappa shape index (κ2) is 9.25. The molecular weight excluding hydrogens is 452 g/mol. The lowest BCUT2D eigenvalue weighted by molar-refractivity contribution is -0.101. The molecule has 1 aromatic heterocycles. The highest BCUT2D eigenvalue weighted by atomic mass is 16.6. The Morgan fingerprint density at radius 1 is 1.00 bits per heavy atom. The van der Waals surface area contributed by atoms with Crippen molar-refractivity contribution in [3.05, 3.63) is 94.4 Å². The van der Waals surface area contributed by atoms with Gasteiger partial charge in [-0.2, -0.15) is 0 Å². The molecule has 2 atom stereocenters. The molecule has 36 heavy (non-hydrogen) atoms. The van der Waals surface area contributed by atoms with Gasteiger partial charge in [-0.25, -0.2) is 4.79 Å². The molecule has 0 radical (unpaired) electrons. The van der Waals surface area contributed by atoms with Crippen LogP contribution in [0.3, 0.4) is 0 Å². The standard InChI is InChI=1S/C30H34N2O4/c1-21(22-9-11-23(12-10-22)24-13-16-27(33)32(19-24)26-14-15-26)31-18-17-30(36-28(31)34,20-29(2,3)35)25-7-5-4-6-8-25/h4-13,16,19,21,26,35H,14-15,17-18,20H2,1-3H3/t21-,30?/m0/s1. The Kier molecular flexibility index (Phi) is 6.25. The zero-order valence-corrected chi connectivity index (χ0v) is 21.2. The zero-order chi connectivity index (χ0) is 25.5. The van der Waals surface area contributed by atoms with Gasteiger partial charge in [0, 0.05) is 37.7 Å². The smallest absolute Gasteiger partial charge is 0.411 e. The van der Waals surface area contributed by atoms with Gasteiger partial charge in [0.2, 0.25) is 0 Å². The van der Waals surface area contributed by atoms with Gasteiger partial charge >= 0.3 is 6.09 Å². The Morgan fingerprint density at radius 3 is 2.28 bits per heavy atom. The fourth-order valence-electron chi connectivity index (χ4n) is 5.34. The lowest BCUT2D eigenvalue weighted by Crippen LogP contribution is -2.51. The highest BCUT2D eigenvalue weighted by Crippen LogP contribution is 2.42. The summed E-state index contributed by atoms with van der Waals surface area (Å²) in [6.45, 7) is 6.03. The van der Waals surface area contributed by atoms with E-state index < -0.39 is 11.2 Å². The van der Waals surface area contributed by atoms with E-state index in [1.54, 1.807) is 24.8 Å². The molecule has 188 valence electrons. The van der Waals surface area contributed by atoms with E-state index in [9.17, 15) is 14.7 Å². The second-order valence-electron chi connectivity index (χ2n) is 10.9. The van der Waals surface area contributed by atoms with Crippen LogP contribution in [0.25, 0.3) is 11.1 Å². The number of benzene rings is 2. The van der Waals surface area contributed by atoms with Crippen LogP contribution in [0.5, 0.6) is 0 Å². The molecule has 1 N–H and O–H groups in total. The van der Waals surface area contributed by atoms with Gasteiger partial charge in [0.25, 0.3) is 5.56 Å². The Balaban J connectivity index is 1.34. The predicted molar refractivity (Wildman–Crippen MR) is 140 cm³/mol. The summed E-state index contributed by atoms with van der Waals surface area (Å²) >= 11 is 0. The number of pyridine rings is 1. The van der Waals surface area contributed by atoms with E-state index in [-0.39, 0.29) is 17.7 Å². The number of rotatable bonds is 7. The summed E-state index contributed by atoms with van der Waals surface area (Å²) in [5.41, 5.74) is 2.17. The van der Waals surface area contributed by atoms with Crippen molar-refractivity contribution in [1.29, 1.82) is 0 Å². The molecule has 0 spiro atoms. The minimum atomic E-state index is -0.984. The number of nitrogens with zero attached hydrogens (tertiary/aromatic N) is 2. The van der Waals surface area contributed by atoms with Gasteiger partial charge in [-0.3, -0.25) is 4.79 Å². The van der Waals surface area contributed by atoms with Crippen LogP contribution in [-0.2, 0) is 10.3 Å². The van der Waals surface area contributed by atoms with Crippen molar-refractivity contribution in [1.82, 2.24) is 9.47 Å². The molecule has 6 heteroatoms. The fourth-order valence-corrected chi connectivity index (χ4v) is 5.34. The molecule has 6 nitrogen and oxygen atoms in total. The van der Waals surface area contributed by atoms with Crippen LogP contribution in [0.1, 0.15) is 69.7 Å². The van der Waals surface area contributed by atoms with Crippen molar-refractivity contribution in [2.24, 2.45) is 0 Å². The third kappa shape index (κ3) is 4.96. The van der Waals surface area contributed by atoms with Crippen LogP contribution < -0.4 is 5.56 Å². The summed E-state index contributed by atoms with van der Waals surface area (Å²) in [4.78, 5) is 27.2. The summed E-state index contributed by atoms with van der Waals surface area (Å²) < 4.78 is 7.97. The van der Waals surface area contributed by atoms with Crippen molar-refractivity contribution in [3.8, 4) is 11.1 Å². The van der Waals surface area contributed by atoms with Gasteiger partial charge in [0.15, 0.2) is 0 Å². The molecule has 0 bridgehead atoms. The Bertz CT molecular complexity index is 1290. The third-order valence-electron chi connectivity index (χ3n) is 7.36.